The van der Waals surface area contributed by atoms with Gasteiger partial charge in [0.2, 0.25) is 8.46 Å². The highest BCUT2D eigenvalue weighted by atomic mass is 31.1. The summed E-state index contributed by atoms with van der Waals surface area (Å²) in [6.07, 6.45) is -1.09. The SMILES string of the molecule is COC(=O)OC(P=O)C(=O)OC. The number of hydrogen-bond acceptors (Lipinski definition) is 6. The van der Waals surface area contributed by atoms with Crippen LogP contribution >= 0.6 is 8.46 Å². The molecule has 6 nitrogen and oxygen atoms in total. The molecule has 1 unspecified atom stereocenters. The van der Waals surface area contributed by atoms with Crippen LogP contribution in [0, 0.1) is 0 Å². The van der Waals surface area contributed by atoms with Crippen molar-refractivity contribution in [2.24, 2.45) is 0 Å². The Morgan fingerprint density at radius 1 is 1.25 bits per heavy atom. The first kappa shape index (κ1) is 10.8. The average Bonchev–Trinajstić information content (AvgIpc) is 2.12. The number of esters is 1. The van der Waals surface area contributed by atoms with E-state index in [-0.39, 0.29) is 0 Å². The van der Waals surface area contributed by atoms with Crippen LogP contribution in [0.3, 0.4) is 0 Å². The van der Waals surface area contributed by atoms with E-state index in [1.807, 2.05) is 0 Å². The molecule has 0 aromatic rings. The van der Waals surface area contributed by atoms with Crippen LogP contribution in [-0.2, 0) is 23.6 Å². The molecule has 68 valence electrons. The van der Waals surface area contributed by atoms with Gasteiger partial charge in [-0.3, -0.25) is 4.57 Å². The second-order valence-corrected chi connectivity index (χ2v) is 2.23. The minimum Gasteiger partial charge on any atom is -0.466 e. The molecule has 0 fully saturated rings. The Labute approximate surface area is 70.0 Å². The zero-order chi connectivity index (χ0) is 9.56. The van der Waals surface area contributed by atoms with Gasteiger partial charge in [0, 0.05) is 0 Å². The molecule has 0 heterocycles. The van der Waals surface area contributed by atoms with Crippen LogP contribution in [0.5, 0.6) is 0 Å². The highest BCUT2D eigenvalue weighted by molar-refractivity contribution is 7.26. The van der Waals surface area contributed by atoms with E-state index in [1.165, 1.54) is 0 Å². The van der Waals surface area contributed by atoms with E-state index in [0.29, 0.717) is 0 Å². The van der Waals surface area contributed by atoms with Crippen LogP contribution < -0.4 is 0 Å². The zero-order valence-corrected chi connectivity index (χ0v) is 7.37. The summed E-state index contributed by atoms with van der Waals surface area (Å²) in [7, 11) is 1.49. The predicted octanol–water partition coefficient (Wildman–Crippen LogP) is 0.560. The molecule has 1 atom stereocenters. The second-order valence-electron chi connectivity index (χ2n) is 1.55. The summed E-state index contributed by atoms with van der Waals surface area (Å²) >= 11 is 0. The van der Waals surface area contributed by atoms with Gasteiger partial charge in [0.15, 0.2) is 0 Å². The molecule has 0 aromatic carbocycles. The lowest BCUT2D eigenvalue weighted by Crippen LogP contribution is -2.23. The molecule has 0 bridgehead atoms. The Bertz CT molecular complexity index is 190. The number of methoxy groups -OCH3 is 2. The van der Waals surface area contributed by atoms with Gasteiger partial charge < -0.3 is 14.2 Å². The van der Waals surface area contributed by atoms with Gasteiger partial charge in [-0.05, 0) is 0 Å². The summed E-state index contributed by atoms with van der Waals surface area (Å²) in [5.74, 6) is -2.36. The molecule has 0 aliphatic carbocycles. The molecule has 0 saturated heterocycles. The molecule has 0 aliphatic heterocycles. The Hall–Kier alpha value is -1.16. The standard InChI is InChI=1S/C5H7O6P/c1-9-3(6)4(12-8)11-5(7)10-2/h4H,1-2H3. The molecular weight excluding hydrogens is 187 g/mol. The Morgan fingerprint density at radius 2 is 1.83 bits per heavy atom. The molecule has 0 amide bonds. The molecule has 0 aromatic heterocycles. The number of ether oxygens (including phenoxy) is 3. The van der Waals surface area contributed by atoms with E-state index in [4.69, 9.17) is 0 Å². The van der Waals surface area contributed by atoms with Gasteiger partial charge in [-0.2, -0.15) is 0 Å². The van der Waals surface area contributed by atoms with Crippen LogP contribution in [0.2, 0.25) is 0 Å². The van der Waals surface area contributed by atoms with Crippen LogP contribution in [0.1, 0.15) is 0 Å². The van der Waals surface area contributed by atoms with Gasteiger partial charge in [0.25, 0.3) is 5.85 Å². The number of hydrogen-bond donors (Lipinski definition) is 0. The average molecular weight is 194 g/mol. The molecule has 0 radical (unpaired) electrons. The van der Waals surface area contributed by atoms with Crippen molar-refractivity contribution in [2.45, 2.75) is 5.85 Å². The lowest BCUT2D eigenvalue weighted by molar-refractivity contribution is -0.146. The first-order chi connectivity index (χ1) is 5.65. The largest absolute Gasteiger partial charge is 0.509 e. The molecule has 0 aliphatic rings. The van der Waals surface area contributed by atoms with Crippen molar-refractivity contribution in [2.75, 3.05) is 14.2 Å². The van der Waals surface area contributed by atoms with Gasteiger partial charge in [0.05, 0.1) is 14.2 Å². The van der Waals surface area contributed by atoms with Crippen LogP contribution in [0.4, 0.5) is 4.79 Å². The second kappa shape index (κ2) is 5.49. The fourth-order valence-corrected chi connectivity index (χ4v) is 0.673. The Balaban J connectivity index is 4.08. The van der Waals surface area contributed by atoms with Crippen molar-refractivity contribution in [3.05, 3.63) is 0 Å². The van der Waals surface area contributed by atoms with E-state index in [1.54, 1.807) is 0 Å². The first-order valence-corrected chi connectivity index (χ1v) is 3.68. The van der Waals surface area contributed by atoms with Crippen molar-refractivity contribution in [3.63, 3.8) is 0 Å². The van der Waals surface area contributed by atoms with Crippen molar-refractivity contribution >= 4 is 20.6 Å². The fraction of sp³-hybridized carbons (Fsp3) is 0.600. The number of rotatable bonds is 3. The zero-order valence-electron chi connectivity index (χ0n) is 6.47. The lowest BCUT2D eigenvalue weighted by atomic mass is 10.7. The fourth-order valence-electron chi connectivity index (χ4n) is 0.353. The Kier molecular flexibility index (Phi) is 4.96. The topological polar surface area (TPSA) is 78.9 Å². The maximum absolute atomic E-state index is 10.6. The van der Waals surface area contributed by atoms with Crippen LogP contribution in [-0.4, -0.2) is 32.2 Å². The van der Waals surface area contributed by atoms with Gasteiger partial charge in [-0.1, -0.05) is 0 Å². The predicted molar refractivity (Wildman–Crippen MR) is 36.9 cm³/mol. The molecule has 0 N–H and O–H groups in total. The third kappa shape index (κ3) is 3.30. The number of carbonyl (C=O) groups is 2. The molecule has 0 rings (SSSR count). The lowest BCUT2D eigenvalue weighted by Gasteiger charge is -2.06. The van der Waals surface area contributed by atoms with E-state index in [0.717, 1.165) is 14.2 Å². The molecule has 0 saturated carbocycles. The van der Waals surface area contributed by atoms with Crippen molar-refractivity contribution in [3.8, 4) is 0 Å². The quantitative estimate of drug-likeness (QED) is 0.482. The summed E-state index contributed by atoms with van der Waals surface area (Å²) in [5.41, 5.74) is 0. The van der Waals surface area contributed by atoms with E-state index >= 15 is 0 Å². The molecule has 0 spiro atoms. The Morgan fingerprint density at radius 3 is 2.17 bits per heavy atom. The maximum Gasteiger partial charge on any atom is 0.509 e. The van der Waals surface area contributed by atoms with Crippen molar-refractivity contribution in [1.82, 2.24) is 0 Å². The summed E-state index contributed by atoms with van der Waals surface area (Å²) in [4.78, 5) is 21.0. The minimum absolute atomic E-state index is 0.659. The molecule has 12 heavy (non-hydrogen) atoms. The third-order valence-corrected chi connectivity index (χ3v) is 1.38. The first-order valence-electron chi connectivity index (χ1n) is 2.80. The van der Waals surface area contributed by atoms with Gasteiger partial charge in [-0.15, -0.1) is 0 Å². The summed E-state index contributed by atoms with van der Waals surface area (Å²) in [5, 5.41) is 0. The van der Waals surface area contributed by atoms with E-state index in [9.17, 15) is 14.2 Å². The van der Waals surface area contributed by atoms with Gasteiger partial charge in [0.1, 0.15) is 0 Å². The summed E-state index contributed by atoms with van der Waals surface area (Å²) < 4.78 is 22.7. The van der Waals surface area contributed by atoms with Crippen LogP contribution in [0.15, 0.2) is 0 Å². The molecular formula is C5H7O6P. The highest BCUT2D eigenvalue weighted by Gasteiger charge is 2.24. The minimum atomic E-state index is -1.46. The third-order valence-electron chi connectivity index (χ3n) is 0.873. The van der Waals surface area contributed by atoms with Crippen molar-refractivity contribution in [1.29, 1.82) is 0 Å². The summed E-state index contributed by atoms with van der Waals surface area (Å²) in [6.45, 7) is 0. The maximum atomic E-state index is 10.6. The van der Waals surface area contributed by atoms with E-state index in [2.05, 4.69) is 14.2 Å². The van der Waals surface area contributed by atoms with Crippen molar-refractivity contribution < 1.29 is 28.4 Å². The van der Waals surface area contributed by atoms with Gasteiger partial charge >= 0.3 is 12.1 Å². The smallest absolute Gasteiger partial charge is 0.466 e. The van der Waals surface area contributed by atoms with Crippen LogP contribution in [0.25, 0.3) is 0 Å². The normalized spacial score (nSPS) is 11.8. The number of carbonyl (C=O) groups excluding carboxylic acids is 2. The summed E-state index contributed by atoms with van der Waals surface area (Å²) in [6, 6.07) is 0. The van der Waals surface area contributed by atoms with Gasteiger partial charge in [-0.25, -0.2) is 9.59 Å². The van der Waals surface area contributed by atoms with E-state index < -0.39 is 26.4 Å². The highest BCUT2D eigenvalue weighted by Crippen LogP contribution is 2.10. The molecule has 7 heteroatoms. The monoisotopic (exact) mass is 194 g/mol.